The van der Waals surface area contributed by atoms with E-state index in [0.717, 1.165) is 46.3 Å². The second kappa shape index (κ2) is 10.0. The number of amides is 2. The van der Waals surface area contributed by atoms with E-state index >= 15 is 0 Å². The average molecular weight is 471 g/mol. The summed E-state index contributed by atoms with van der Waals surface area (Å²) in [6.45, 7) is 3.71. The van der Waals surface area contributed by atoms with E-state index in [2.05, 4.69) is 37.4 Å². The maximum atomic E-state index is 11.7. The largest absolute Gasteiger partial charge is 0.489 e. The van der Waals surface area contributed by atoms with Crippen LogP contribution in [0.5, 0.6) is 5.75 Å². The highest BCUT2D eigenvalue weighted by Crippen LogP contribution is 2.42. The molecule has 35 heavy (non-hydrogen) atoms. The number of hydrogen-bond donors (Lipinski definition) is 3. The van der Waals surface area contributed by atoms with Crippen molar-refractivity contribution < 1.29 is 9.53 Å². The number of nitrogens with two attached hydrogens (primary N) is 1. The number of hydrogen-bond acceptors (Lipinski definition) is 5. The summed E-state index contributed by atoms with van der Waals surface area (Å²) < 4.78 is 8.26. The molecule has 4 aromatic rings. The molecule has 0 aliphatic heterocycles. The second-order valence-corrected chi connectivity index (χ2v) is 8.94. The number of nitrogens with one attached hydrogen (secondary N) is 2. The number of ether oxygens (including phenoxy) is 1. The van der Waals surface area contributed by atoms with Crippen molar-refractivity contribution in [1.29, 1.82) is 0 Å². The minimum absolute atomic E-state index is 0.112. The van der Waals surface area contributed by atoms with Crippen molar-refractivity contribution in [2.75, 3.05) is 18.8 Å². The van der Waals surface area contributed by atoms with Crippen molar-refractivity contribution in [1.82, 2.24) is 25.2 Å². The number of carbonyl (C=O) groups excluding carboxylic acids is 1. The van der Waals surface area contributed by atoms with Crippen LogP contribution in [0.4, 0.5) is 10.6 Å². The first-order valence-electron chi connectivity index (χ1n) is 12.0. The molecule has 180 valence electrons. The number of urea groups is 1. The van der Waals surface area contributed by atoms with Gasteiger partial charge in [0.25, 0.3) is 0 Å². The van der Waals surface area contributed by atoms with Gasteiger partial charge in [0.2, 0.25) is 0 Å². The highest BCUT2D eigenvalue weighted by Gasteiger charge is 2.32. The first-order chi connectivity index (χ1) is 17.1. The van der Waals surface area contributed by atoms with Gasteiger partial charge in [-0.1, -0.05) is 42.5 Å². The van der Waals surface area contributed by atoms with Gasteiger partial charge in [0.05, 0.1) is 5.39 Å². The number of carbonyl (C=O) groups is 1. The number of fused-ring (bicyclic) bond motifs is 1. The first-order valence-corrected chi connectivity index (χ1v) is 12.0. The molecular formula is C27H30N6O2. The van der Waals surface area contributed by atoms with E-state index < -0.39 is 0 Å². The highest BCUT2D eigenvalue weighted by molar-refractivity contribution is 6.00. The molecule has 0 unspecified atom stereocenters. The Morgan fingerprint density at radius 1 is 1.11 bits per heavy atom. The summed E-state index contributed by atoms with van der Waals surface area (Å²) in [5, 5.41) is 6.57. The van der Waals surface area contributed by atoms with Crippen LogP contribution >= 0.6 is 0 Å². The maximum absolute atomic E-state index is 11.7. The molecule has 0 bridgehead atoms. The Labute approximate surface area is 204 Å². The van der Waals surface area contributed by atoms with Gasteiger partial charge in [-0.05, 0) is 48.9 Å². The Balaban J connectivity index is 1.36. The predicted molar refractivity (Wildman–Crippen MR) is 137 cm³/mol. The standard InChI is InChI=1S/C27H30N6O2/c1-2-29-27(34)30-14-19-11-21(12-19)33-15-23(24-25(28)31-17-32-26(24)33)20-9-6-10-22(13-20)35-16-18-7-4-3-5-8-18/h3-10,13,15,17,19,21H,2,11-12,14,16H2,1H3,(H2,28,31,32)(H2,29,30,34)/t19-,21-. The Morgan fingerprint density at radius 3 is 2.74 bits per heavy atom. The molecule has 2 aromatic carbocycles. The number of benzene rings is 2. The molecule has 1 saturated carbocycles. The Kier molecular flexibility index (Phi) is 6.52. The number of nitrogen functional groups attached to an aromatic ring is 1. The Morgan fingerprint density at radius 2 is 1.94 bits per heavy atom. The van der Waals surface area contributed by atoms with Gasteiger partial charge in [-0.3, -0.25) is 0 Å². The molecule has 1 aliphatic carbocycles. The van der Waals surface area contributed by atoms with Gasteiger partial charge >= 0.3 is 6.03 Å². The molecule has 1 fully saturated rings. The highest BCUT2D eigenvalue weighted by atomic mass is 16.5. The van der Waals surface area contributed by atoms with Crippen LogP contribution in [0.25, 0.3) is 22.2 Å². The smallest absolute Gasteiger partial charge is 0.314 e. The van der Waals surface area contributed by atoms with E-state index in [1.807, 2.05) is 55.5 Å². The summed E-state index contributed by atoms with van der Waals surface area (Å²) in [5.74, 6) is 1.70. The van der Waals surface area contributed by atoms with E-state index in [1.54, 1.807) is 0 Å². The summed E-state index contributed by atoms with van der Waals surface area (Å²) in [7, 11) is 0. The molecule has 0 atom stereocenters. The summed E-state index contributed by atoms with van der Waals surface area (Å²) in [5.41, 5.74) is 10.3. The van der Waals surface area contributed by atoms with E-state index in [4.69, 9.17) is 10.5 Å². The summed E-state index contributed by atoms with van der Waals surface area (Å²) in [6, 6.07) is 18.3. The topological polar surface area (TPSA) is 107 Å². The van der Waals surface area contributed by atoms with Gasteiger partial charge in [-0.15, -0.1) is 0 Å². The first kappa shape index (κ1) is 22.7. The number of anilines is 1. The molecule has 2 aromatic heterocycles. The molecule has 2 amide bonds. The quantitative estimate of drug-likeness (QED) is 0.351. The van der Waals surface area contributed by atoms with E-state index in [0.29, 0.717) is 37.5 Å². The van der Waals surface area contributed by atoms with Gasteiger partial charge < -0.3 is 25.7 Å². The molecular weight excluding hydrogens is 440 g/mol. The number of aromatic nitrogens is 3. The lowest BCUT2D eigenvalue weighted by molar-refractivity contribution is 0.193. The van der Waals surface area contributed by atoms with Gasteiger partial charge in [-0.25, -0.2) is 14.8 Å². The molecule has 0 radical (unpaired) electrons. The van der Waals surface area contributed by atoms with Crippen molar-refractivity contribution in [3.63, 3.8) is 0 Å². The number of nitrogens with zero attached hydrogens (tertiary/aromatic N) is 3. The molecule has 1 aliphatic rings. The maximum Gasteiger partial charge on any atom is 0.314 e. The summed E-state index contributed by atoms with van der Waals surface area (Å²) in [4.78, 5) is 20.5. The van der Waals surface area contributed by atoms with Crippen LogP contribution in [0, 0.1) is 5.92 Å². The molecule has 8 heteroatoms. The zero-order valence-corrected chi connectivity index (χ0v) is 19.8. The van der Waals surface area contributed by atoms with Crippen molar-refractivity contribution in [2.45, 2.75) is 32.4 Å². The minimum Gasteiger partial charge on any atom is -0.489 e. The molecule has 2 heterocycles. The molecule has 0 saturated heterocycles. The fourth-order valence-electron chi connectivity index (χ4n) is 4.65. The van der Waals surface area contributed by atoms with Gasteiger partial charge in [-0.2, -0.15) is 0 Å². The summed E-state index contributed by atoms with van der Waals surface area (Å²) >= 11 is 0. The van der Waals surface area contributed by atoms with E-state index in [9.17, 15) is 4.79 Å². The normalized spacial score (nSPS) is 17.1. The van der Waals surface area contributed by atoms with Crippen molar-refractivity contribution in [3.8, 4) is 16.9 Å². The van der Waals surface area contributed by atoms with Crippen LogP contribution in [0.2, 0.25) is 0 Å². The Hall–Kier alpha value is -4.07. The fraction of sp³-hybridized carbons (Fsp3) is 0.296. The third kappa shape index (κ3) is 4.91. The van der Waals surface area contributed by atoms with Gasteiger partial charge in [0.1, 0.15) is 30.1 Å². The third-order valence-corrected chi connectivity index (χ3v) is 6.52. The van der Waals surface area contributed by atoms with Crippen LogP contribution in [0.15, 0.2) is 67.1 Å². The minimum atomic E-state index is -0.112. The second-order valence-electron chi connectivity index (χ2n) is 8.94. The van der Waals surface area contributed by atoms with E-state index in [1.165, 1.54) is 6.33 Å². The van der Waals surface area contributed by atoms with E-state index in [-0.39, 0.29) is 6.03 Å². The molecule has 4 N–H and O–H groups in total. The van der Waals surface area contributed by atoms with Crippen molar-refractivity contribution in [2.24, 2.45) is 5.92 Å². The zero-order chi connectivity index (χ0) is 24.2. The van der Waals surface area contributed by atoms with Gasteiger partial charge in [0, 0.05) is 30.9 Å². The van der Waals surface area contributed by atoms with Crippen LogP contribution in [-0.4, -0.2) is 33.7 Å². The van der Waals surface area contributed by atoms with Gasteiger partial charge in [0.15, 0.2) is 0 Å². The van der Waals surface area contributed by atoms with Crippen molar-refractivity contribution in [3.05, 3.63) is 72.7 Å². The third-order valence-electron chi connectivity index (χ3n) is 6.52. The van der Waals surface area contributed by atoms with Crippen LogP contribution in [0.1, 0.15) is 31.4 Å². The molecule has 8 nitrogen and oxygen atoms in total. The van der Waals surface area contributed by atoms with Crippen LogP contribution < -0.4 is 21.1 Å². The SMILES string of the molecule is CCNC(=O)NC[C@H]1C[C@H](n2cc(-c3cccc(OCc4ccccc4)c3)c3c(N)ncnc32)C1. The molecule has 0 spiro atoms. The fourth-order valence-corrected chi connectivity index (χ4v) is 4.65. The monoisotopic (exact) mass is 470 g/mol. The average Bonchev–Trinajstić information content (AvgIpc) is 3.23. The number of rotatable bonds is 8. The van der Waals surface area contributed by atoms with Crippen LogP contribution in [-0.2, 0) is 6.61 Å². The van der Waals surface area contributed by atoms with Crippen molar-refractivity contribution >= 4 is 22.9 Å². The van der Waals surface area contributed by atoms with Crippen LogP contribution in [0.3, 0.4) is 0 Å². The zero-order valence-electron chi connectivity index (χ0n) is 19.8. The lowest BCUT2D eigenvalue weighted by atomic mass is 9.80. The molecule has 5 rings (SSSR count). The Bertz CT molecular complexity index is 1310. The predicted octanol–water partition coefficient (Wildman–Crippen LogP) is 4.53. The lowest BCUT2D eigenvalue weighted by Crippen LogP contribution is -2.41. The summed E-state index contributed by atoms with van der Waals surface area (Å²) in [6.07, 6.45) is 5.59. The lowest BCUT2D eigenvalue weighted by Gasteiger charge is -2.36.